The molecule has 1 aromatic rings. The summed E-state index contributed by atoms with van der Waals surface area (Å²) in [5.41, 5.74) is 1.36. The predicted molar refractivity (Wildman–Crippen MR) is 61.1 cm³/mol. The van der Waals surface area contributed by atoms with Gasteiger partial charge in [-0.2, -0.15) is 0 Å². The van der Waals surface area contributed by atoms with Gasteiger partial charge in [0.2, 0.25) is 0 Å². The molecule has 0 aliphatic carbocycles. The molecule has 0 radical (unpaired) electrons. The summed E-state index contributed by atoms with van der Waals surface area (Å²) in [7, 11) is 2.06. The van der Waals surface area contributed by atoms with Gasteiger partial charge in [0.25, 0.3) is 0 Å². The highest BCUT2D eigenvalue weighted by Gasteiger charge is 2.07. The van der Waals surface area contributed by atoms with Gasteiger partial charge in [-0.25, -0.2) is 0 Å². The van der Waals surface area contributed by atoms with Crippen LogP contribution in [0.1, 0.15) is 12.5 Å². The quantitative estimate of drug-likeness (QED) is 0.656. The van der Waals surface area contributed by atoms with E-state index in [1.54, 1.807) is 0 Å². The first-order valence-electron chi connectivity index (χ1n) is 4.91. The highest BCUT2D eigenvalue weighted by Crippen LogP contribution is 2.06. The minimum Gasteiger partial charge on any atom is -0.292 e. The van der Waals surface area contributed by atoms with Crippen molar-refractivity contribution in [1.82, 2.24) is 4.90 Å². The van der Waals surface area contributed by atoms with Crippen molar-refractivity contribution < 1.29 is 0 Å². The number of hydrogen-bond acceptors (Lipinski definition) is 1. The highest BCUT2D eigenvalue weighted by molar-refractivity contribution is 5.15. The lowest BCUT2D eigenvalue weighted by atomic mass is 10.1. The number of rotatable bonds is 4. The number of benzene rings is 1. The normalized spacial score (nSPS) is 12.4. The number of terminal acetylenes is 1. The van der Waals surface area contributed by atoms with E-state index in [-0.39, 0.29) is 0 Å². The third kappa shape index (κ3) is 3.24. The maximum absolute atomic E-state index is 5.27. The predicted octanol–water partition coefficient (Wildman–Crippen LogP) is 2.18. The Morgan fingerprint density at radius 2 is 2.07 bits per heavy atom. The smallest absolute Gasteiger partial charge is 0.0598 e. The molecule has 14 heavy (non-hydrogen) atoms. The average molecular weight is 189 g/mol. The summed E-state index contributed by atoms with van der Waals surface area (Å²) in [6, 6.07) is 11.0. The fourth-order valence-electron chi connectivity index (χ4n) is 1.41. The molecular formula is C13H17N. The van der Waals surface area contributed by atoms with E-state index < -0.39 is 0 Å². The van der Waals surface area contributed by atoms with Gasteiger partial charge < -0.3 is 0 Å². The van der Waals surface area contributed by atoms with Gasteiger partial charge in [0.05, 0.1) is 6.54 Å². The molecule has 74 valence electrons. The summed E-state index contributed by atoms with van der Waals surface area (Å²) >= 11 is 0. The van der Waals surface area contributed by atoms with Crippen molar-refractivity contribution in [2.75, 3.05) is 13.6 Å². The summed E-state index contributed by atoms with van der Waals surface area (Å²) in [5.74, 6) is 2.66. The minimum absolute atomic E-state index is 0.494. The lowest BCUT2D eigenvalue weighted by Gasteiger charge is -2.22. The Bertz CT molecular complexity index is 297. The SMILES string of the molecule is C#CCN([14CH3])[C@H](C)Cc1ccccc1. The van der Waals surface area contributed by atoms with Crippen LogP contribution in [0.2, 0.25) is 0 Å². The van der Waals surface area contributed by atoms with E-state index in [4.69, 9.17) is 6.42 Å². The molecule has 0 aromatic heterocycles. The third-order valence-corrected chi connectivity index (χ3v) is 2.47. The number of likely N-dealkylation sites (N-methyl/N-ethyl adjacent to an activating group) is 1. The van der Waals surface area contributed by atoms with E-state index in [0.29, 0.717) is 12.6 Å². The van der Waals surface area contributed by atoms with Crippen LogP contribution in [0.15, 0.2) is 30.3 Å². The van der Waals surface area contributed by atoms with Crippen molar-refractivity contribution in [3.63, 3.8) is 0 Å². The lowest BCUT2D eigenvalue weighted by Crippen LogP contribution is -2.31. The zero-order valence-corrected chi connectivity index (χ0v) is 8.90. The number of hydrogen-bond donors (Lipinski definition) is 0. The highest BCUT2D eigenvalue weighted by atomic mass is 15.4. The van der Waals surface area contributed by atoms with Gasteiger partial charge in [-0.05, 0) is 26.0 Å². The molecule has 0 saturated carbocycles. The van der Waals surface area contributed by atoms with E-state index in [1.165, 1.54) is 5.56 Å². The molecule has 1 nitrogen and oxygen atoms in total. The van der Waals surface area contributed by atoms with Crippen LogP contribution in [0.4, 0.5) is 0 Å². The molecule has 0 unspecified atom stereocenters. The third-order valence-electron chi connectivity index (χ3n) is 2.47. The van der Waals surface area contributed by atoms with Crippen molar-refractivity contribution in [2.24, 2.45) is 0 Å². The van der Waals surface area contributed by atoms with Crippen LogP contribution in [0, 0.1) is 12.3 Å². The molecule has 1 aromatic carbocycles. The first kappa shape index (κ1) is 10.8. The molecule has 0 spiro atoms. The average Bonchev–Trinajstić information content (AvgIpc) is 2.19. The van der Waals surface area contributed by atoms with Crippen molar-refractivity contribution in [3.8, 4) is 12.3 Å². The van der Waals surface area contributed by atoms with Crippen LogP contribution < -0.4 is 0 Å². The van der Waals surface area contributed by atoms with Crippen LogP contribution in [-0.2, 0) is 6.42 Å². The molecule has 0 aliphatic heterocycles. The maximum Gasteiger partial charge on any atom is 0.0598 e. The first-order chi connectivity index (χ1) is 6.74. The van der Waals surface area contributed by atoms with Gasteiger partial charge >= 0.3 is 0 Å². The molecular weight excluding hydrogens is 172 g/mol. The van der Waals surface area contributed by atoms with Crippen LogP contribution in [0.3, 0.4) is 0 Å². The van der Waals surface area contributed by atoms with E-state index in [0.717, 1.165) is 6.42 Å². The summed E-state index contributed by atoms with van der Waals surface area (Å²) in [5, 5.41) is 0. The second-order valence-electron chi connectivity index (χ2n) is 3.66. The van der Waals surface area contributed by atoms with Crippen LogP contribution in [-0.4, -0.2) is 24.5 Å². The zero-order chi connectivity index (χ0) is 10.4. The Morgan fingerprint density at radius 3 is 2.64 bits per heavy atom. The topological polar surface area (TPSA) is 3.24 Å². The van der Waals surface area contributed by atoms with Crippen molar-refractivity contribution in [2.45, 2.75) is 19.4 Å². The summed E-state index contributed by atoms with van der Waals surface area (Å²) in [6.07, 6.45) is 6.32. The minimum atomic E-state index is 0.494. The molecule has 1 heteroatoms. The van der Waals surface area contributed by atoms with Crippen LogP contribution in [0.25, 0.3) is 0 Å². The monoisotopic (exact) mass is 189 g/mol. The maximum atomic E-state index is 5.27. The molecule has 0 aliphatic rings. The lowest BCUT2D eigenvalue weighted by molar-refractivity contribution is 0.287. The van der Waals surface area contributed by atoms with Crippen LogP contribution in [0.5, 0.6) is 0 Å². The Labute approximate surface area is 86.7 Å². The van der Waals surface area contributed by atoms with Crippen LogP contribution >= 0.6 is 0 Å². The zero-order valence-electron chi connectivity index (χ0n) is 8.90. The van der Waals surface area contributed by atoms with E-state index >= 15 is 0 Å². The van der Waals surface area contributed by atoms with E-state index in [9.17, 15) is 0 Å². The fourth-order valence-corrected chi connectivity index (χ4v) is 1.41. The number of nitrogens with zero attached hydrogens (tertiary/aromatic N) is 1. The molecule has 0 amide bonds. The molecule has 1 atom stereocenters. The van der Waals surface area contributed by atoms with Gasteiger partial charge in [-0.15, -0.1) is 6.42 Å². The second-order valence-corrected chi connectivity index (χ2v) is 3.66. The first-order valence-corrected chi connectivity index (χ1v) is 4.91. The molecule has 0 fully saturated rings. The molecule has 0 saturated heterocycles. The van der Waals surface area contributed by atoms with E-state index in [1.807, 2.05) is 6.07 Å². The Balaban J connectivity index is 2.49. The largest absolute Gasteiger partial charge is 0.292 e. The Kier molecular flexibility index (Phi) is 4.22. The van der Waals surface area contributed by atoms with Gasteiger partial charge in [0.1, 0.15) is 0 Å². The molecule has 0 N–H and O–H groups in total. The molecule has 1 rings (SSSR count). The van der Waals surface area contributed by atoms with Crippen molar-refractivity contribution >= 4 is 0 Å². The van der Waals surface area contributed by atoms with Gasteiger partial charge in [-0.1, -0.05) is 36.3 Å². The van der Waals surface area contributed by atoms with Crippen molar-refractivity contribution in [1.29, 1.82) is 0 Å². The van der Waals surface area contributed by atoms with Gasteiger partial charge in [0, 0.05) is 6.04 Å². The molecule has 0 heterocycles. The van der Waals surface area contributed by atoms with Crippen molar-refractivity contribution in [3.05, 3.63) is 35.9 Å². The Hall–Kier alpha value is -1.26. The van der Waals surface area contributed by atoms with Gasteiger partial charge in [0.15, 0.2) is 0 Å². The van der Waals surface area contributed by atoms with Gasteiger partial charge in [-0.3, -0.25) is 4.90 Å². The summed E-state index contributed by atoms with van der Waals surface area (Å²) < 4.78 is 0. The van der Waals surface area contributed by atoms with E-state index in [2.05, 4.69) is 49.1 Å². The molecule has 0 bridgehead atoms. The fraction of sp³-hybridized carbons (Fsp3) is 0.385. The summed E-state index contributed by atoms with van der Waals surface area (Å²) in [4.78, 5) is 2.19. The standard InChI is InChI=1S/C13H17N/c1-4-10-14(3)12(2)11-13-8-6-5-7-9-13/h1,5-9,12H,10-11H2,2-3H3/t12-/m1/s1/i3+2. The second kappa shape index (κ2) is 5.47. The Morgan fingerprint density at radius 1 is 1.43 bits per heavy atom. The summed E-state index contributed by atoms with van der Waals surface area (Å²) in [6.45, 7) is 2.92.